The van der Waals surface area contributed by atoms with Crippen LogP contribution in [0.3, 0.4) is 0 Å². The molecule has 0 aromatic heterocycles. The largest absolute Gasteiger partial charge is 0.493 e. The highest BCUT2D eigenvalue weighted by Crippen LogP contribution is 2.37. The van der Waals surface area contributed by atoms with Crippen LogP contribution in [0.5, 0.6) is 5.75 Å². The first-order chi connectivity index (χ1) is 7.75. The quantitative estimate of drug-likeness (QED) is 0.844. The zero-order valence-electron chi connectivity index (χ0n) is 9.67. The number of hydrogen-bond acceptors (Lipinski definition) is 2. The van der Waals surface area contributed by atoms with Gasteiger partial charge in [0.2, 0.25) is 0 Å². The summed E-state index contributed by atoms with van der Waals surface area (Å²) >= 11 is 0. The second kappa shape index (κ2) is 3.77. The van der Waals surface area contributed by atoms with Gasteiger partial charge in [-0.2, -0.15) is 0 Å². The minimum Gasteiger partial charge on any atom is -0.493 e. The molecule has 1 aliphatic heterocycles. The van der Waals surface area contributed by atoms with Crippen LogP contribution in [0, 0.1) is 0 Å². The summed E-state index contributed by atoms with van der Waals surface area (Å²) in [7, 11) is 0. The summed E-state index contributed by atoms with van der Waals surface area (Å²) in [5.41, 5.74) is 9.00. The van der Waals surface area contributed by atoms with Gasteiger partial charge in [0.1, 0.15) is 5.75 Å². The first kappa shape index (κ1) is 10.2. The number of hydrogen-bond donors (Lipinski definition) is 1. The molecule has 1 aromatic carbocycles. The minimum absolute atomic E-state index is 0.163. The van der Waals surface area contributed by atoms with Crippen molar-refractivity contribution in [2.75, 3.05) is 6.61 Å². The summed E-state index contributed by atoms with van der Waals surface area (Å²) < 4.78 is 5.68. The van der Waals surface area contributed by atoms with Crippen molar-refractivity contribution >= 4 is 0 Å². The number of ether oxygens (including phenoxy) is 1. The molecule has 86 valence electrons. The lowest BCUT2D eigenvalue weighted by atomic mass is 10.00. The van der Waals surface area contributed by atoms with Crippen LogP contribution in [-0.4, -0.2) is 12.1 Å². The van der Waals surface area contributed by atoms with Gasteiger partial charge in [-0.05, 0) is 55.7 Å². The number of benzene rings is 1. The summed E-state index contributed by atoms with van der Waals surface area (Å²) in [5, 5.41) is 0. The van der Waals surface area contributed by atoms with E-state index in [0.717, 1.165) is 38.0 Å². The summed E-state index contributed by atoms with van der Waals surface area (Å²) in [6.45, 7) is 0.872. The molecule has 1 fully saturated rings. The molecule has 0 unspecified atom stereocenters. The van der Waals surface area contributed by atoms with Gasteiger partial charge in [0.25, 0.3) is 0 Å². The SMILES string of the molecule is NC1(CCc2ccc3c(c2)OCCC3)CC1. The lowest BCUT2D eigenvalue weighted by Crippen LogP contribution is -2.22. The summed E-state index contributed by atoms with van der Waals surface area (Å²) in [6, 6.07) is 6.67. The van der Waals surface area contributed by atoms with Crippen molar-refractivity contribution in [2.24, 2.45) is 5.73 Å². The van der Waals surface area contributed by atoms with Crippen molar-refractivity contribution in [3.63, 3.8) is 0 Å². The summed E-state index contributed by atoms with van der Waals surface area (Å²) in [5.74, 6) is 1.10. The van der Waals surface area contributed by atoms with Gasteiger partial charge in [-0.25, -0.2) is 0 Å². The van der Waals surface area contributed by atoms with Crippen LogP contribution in [0.1, 0.15) is 36.8 Å². The molecule has 1 aliphatic carbocycles. The molecule has 0 amide bonds. The van der Waals surface area contributed by atoms with E-state index in [1.165, 1.54) is 24.0 Å². The molecule has 2 aliphatic rings. The second-order valence-corrected chi connectivity index (χ2v) is 5.26. The van der Waals surface area contributed by atoms with Crippen LogP contribution in [0.25, 0.3) is 0 Å². The van der Waals surface area contributed by atoms with Gasteiger partial charge in [-0.1, -0.05) is 12.1 Å². The third-order valence-corrected chi connectivity index (χ3v) is 3.78. The van der Waals surface area contributed by atoms with Crippen molar-refractivity contribution < 1.29 is 4.74 Å². The van der Waals surface area contributed by atoms with Crippen molar-refractivity contribution in [3.8, 4) is 5.75 Å². The molecule has 16 heavy (non-hydrogen) atoms. The van der Waals surface area contributed by atoms with Crippen molar-refractivity contribution in [1.82, 2.24) is 0 Å². The van der Waals surface area contributed by atoms with E-state index in [9.17, 15) is 0 Å². The number of rotatable bonds is 3. The Morgan fingerprint density at radius 3 is 3.00 bits per heavy atom. The van der Waals surface area contributed by atoms with Crippen molar-refractivity contribution in [1.29, 1.82) is 0 Å². The van der Waals surface area contributed by atoms with Crippen LogP contribution < -0.4 is 10.5 Å². The zero-order valence-corrected chi connectivity index (χ0v) is 9.67. The van der Waals surface area contributed by atoms with Crippen molar-refractivity contribution in [3.05, 3.63) is 29.3 Å². The average molecular weight is 217 g/mol. The first-order valence-electron chi connectivity index (χ1n) is 6.29. The van der Waals surface area contributed by atoms with Crippen LogP contribution in [0.4, 0.5) is 0 Å². The van der Waals surface area contributed by atoms with E-state index in [1.807, 2.05) is 0 Å². The molecule has 0 spiro atoms. The molecule has 0 atom stereocenters. The normalized spacial score (nSPS) is 21.1. The smallest absolute Gasteiger partial charge is 0.122 e. The van der Waals surface area contributed by atoms with Gasteiger partial charge in [0.15, 0.2) is 0 Å². The Morgan fingerprint density at radius 2 is 2.19 bits per heavy atom. The minimum atomic E-state index is 0.163. The highest BCUT2D eigenvalue weighted by Gasteiger charge is 2.37. The van der Waals surface area contributed by atoms with E-state index in [0.29, 0.717) is 0 Å². The van der Waals surface area contributed by atoms with Crippen LogP contribution >= 0.6 is 0 Å². The predicted octanol–water partition coefficient (Wildman–Crippen LogP) is 2.44. The zero-order chi connectivity index (χ0) is 11.0. The molecule has 0 saturated heterocycles. The third kappa shape index (κ3) is 2.07. The predicted molar refractivity (Wildman–Crippen MR) is 64.7 cm³/mol. The maximum Gasteiger partial charge on any atom is 0.122 e. The maximum atomic E-state index is 6.10. The lowest BCUT2D eigenvalue weighted by molar-refractivity contribution is 0.288. The van der Waals surface area contributed by atoms with E-state index >= 15 is 0 Å². The first-order valence-corrected chi connectivity index (χ1v) is 6.29. The maximum absolute atomic E-state index is 6.10. The Kier molecular flexibility index (Phi) is 2.40. The highest BCUT2D eigenvalue weighted by atomic mass is 16.5. The molecule has 2 N–H and O–H groups in total. The molecule has 1 heterocycles. The van der Waals surface area contributed by atoms with E-state index in [2.05, 4.69) is 18.2 Å². The standard InChI is InChI=1S/C14H19NO/c15-14(7-8-14)6-5-11-3-4-12-2-1-9-16-13(12)10-11/h3-4,10H,1-2,5-9,15H2. The fourth-order valence-electron chi connectivity index (χ4n) is 2.34. The van der Waals surface area contributed by atoms with Gasteiger partial charge < -0.3 is 10.5 Å². The highest BCUT2D eigenvalue weighted by molar-refractivity contribution is 5.39. The number of aryl methyl sites for hydroxylation is 2. The molecule has 3 rings (SSSR count). The summed E-state index contributed by atoms with van der Waals surface area (Å²) in [6.07, 6.45) is 6.93. The number of nitrogens with two attached hydrogens (primary N) is 1. The molecule has 2 nitrogen and oxygen atoms in total. The molecule has 1 aromatic rings. The molecular weight excluding hydrogens is 198 g/mol. The van der Waals surface area contributed by atoms with E-state index in [1.54, 1.807) is 0 Å². The lowest BCUT2D eigenvalue weighted by Gasteiger charge is -2.18. The van der Waals surface area contributed by atoms with Gasteiger partial charge in [-0.3, -0.25) is 0 Å². The Morgan fingerprint density at radius 1 is 1.31 bits per heavy atom. The van der Waals surface area contributed by atoms with Gasteiger partial charge in [0, 0.05) is 5.54 Å². The Bertz CT molecular complexity index is 396. The van der Waals surface area contributed by atoms with Gasteiger partial charge in [-0.15, -0.1) is 0 Å². The van der Waals surface area contributed by atoms with E-state index < -0.39 is 0 Å². The summed E-state index contributed by atoms with van der Waals surface area (Å²) in [4.78, 5) is 0. The van der Waals surface area contributed by atoms with Crippen LogP contribution in [0.15, 0.2) is 18.2 Å². The number of fused-ring (bicyclic) bond motifs is 1. The Hall–Kier alpha value is -1.02. The van der Waals surface area contributed by atoms with E-state index in [-0.39, 0.29) is 5.54 Å². The Labute approximate surface area is 96.8 Å². The second-order valence-electron chi connectivity index (χ2n) is 5.26. The van der Waals surface area contributed by atoms with Crippen LogP contribution in [-0.2, 0) is 12.8 Å². The monoisotopic (exact) mass is 217 g/mol. The fraction of sp³-hybridized carbons (Fsp3) is 0.571. The molecule has 0 radical (unpaired) electrons. The topological polar surface area (TPSA) is 35.2 Å². The Balaban J connectivity index is 1.70. The molecule has 1 saturated carbocycles. The third-order valence-electron chi connectivity index (χ3n) is 3.78. The van der Waals surface area contributed by atoms with Crippen molar-refractivity contribution in [2.45, 2.75) is 44.1 Å². The average Bonchev–Trinajstić information content (AvgIpc) is 3.05. The van der Waals surface area contributed by atoms with Gasteiger partial charge >= 0.3 is 0 Å². The molecule has 2 heteroatoms. The molecular formula is C14H19NO. The molecule has 0 bridgehead atoms. The van der Waals surface area contributed by atoms with Crippen LogP contribution in [0.2, 0.25) is 0 Å². The fourth-order valence-corrected chi connectivity index (χ4v) is 2.34. The van der Waals surface area contributed by atoms with Gasteiger partial charge in [0.05, 0.1) is 6.61 Å². The van der Waals surface area contributed by atoms with E-state index in [4.69, 9.17) is 10.5 Å².